The number of nitrogens with one attached hydrogen (secondary N) is 1. The van der Waals surface area contributed by atoms with Gasteiger partial charge in [0.05, 0.1) is 12.0 Å². The van der Waals surface area contributed by atoms with Gasteiger partial charge in [0, 0.05) is 36.6 Å². The van der Waals surface area contributed by atoms with Crippen molar-refractivity contribution in [1.29, 1.82) is 0 Å². The Balaban J connectivity index is 1.42. The molecule has 2 aliphatic heterocycles. The number of rotatable bonds is 6. The molecule has 4 aromatic rings. The van der Waals surface area contributed by atoms with Gasteiger partial charge in [0.1, 0.15) is 12.6 Å². The molecule has 2 aliphatic rings. The van der Waals surface area contributed by atoms with Crippen LogP contribution in [0.5, 0.6) is 0 Å². The number of amides is 3. The summed E-state index contributed by atoms with van der Waals surface area (Å²) in [6.07, 6.45) is 3.37. The van der Waals surface area contributed by atoms with E-state index in [4.69, 9.17) is 10.5 Å². The molecule has 8 nitrogen and oxygen atoms in total. The Morgan fingerprint density at radius 1 is 0.950 bits per heavy atom. The highest BCUT2D eigenvalue weighted by Gasteiger charge is 2.52. The number of H-pyrrole nitrogens is 1. The standard InChI is InChI=1S/C32H32N4O4/c33-31(39)35-16-14-32(15-17-35)26-12-6-4-10-23(26)19-29(37)36(32)28(30(38)40-21-22-8-2-1-3-9-22)18-24-20-34-27-13-7-5-11-25(24)27/h1-13,20,28,34H,14-19,21H2,(H2,33,39)/t28-/m1/s1. The van der Waals surface area contributed by atoms with Crippen molar-refractivity contribution in [3.63, 3.8) is 0 Å². The van der Waals surface area contributed by atoms with Crippen molar-refractivity contribution < 1.29 is 19.1 Å². The van der Waals surface area contributed by atoms with Gasteiger partial charge in [0.25, 0.3) is 0 Å². The van der Waals surface area contributed by atoms with E-state index in [2.05, 4.69) is 4.98 Å². The molecule has 0 aliphatic carbocycles. The predicted molar refractivity (Wildman–Crippen MR) is 151 cm³/mol. The number of likely N-dealkylation sites (tertiary alicyclic amines) is 1. The zero-order valence-electron chi connectivity index (χ0n) is 22.2. The summed E-state index contributed by atoms with van der Waals surface area (Å²) in [6, 6.07) is 24.1. The molecular weight excluding hydrogens is 504 g/mol. The molecule has 40 heavy (non-hydrogen) atoms. The summed E-state index contributed by atoms with van der Waals surface area (Å²) in [4.78, 5) is 46.8. The number of aromatic amines is 1. The Hall–Kier alpha value is -4.59. The monoisotopic (exact) mass is 536 g/mol. The number of piperidine rings is 1. The first-order chi connectivity index (χ1) is 19.5. The van der Waals surface area contributed by atoms with Crippen LogP contribution in [0.4, 0.5) is 4.79 Å². The molecule has 1 aromatic heterocycles. The van der Waals surface area contributed by atoms with Gasteiger partial charge in [0.15, 0.2) is 0 Å². The first kappa shape index (κ1) is 25.7. The van der Waals surface area contributed by atoms with Gasteiger partial charge < -0.3 is 25.3 Å². The highest BCUT2D eigenvalue weighted by Crippen LogP contribution is 2.45. The van der Waals surface area contributed by atoms with Crippen molar-refractivity contribution in [3.8, 4) is 0 Å². The second-order valence-corrected chi connectivity index (χ2v) is 10.6. The lowest BCUT2D eigenvalue weighted by Crippen LogP contribution is -2.64. The van der Waals surface area contributed by atoms with Gasteiger partial charge in [-0.15, -0.1) is 0 Å². The van der Waals surface area contributed by atoms with Gasteiger partial charge in [-0.3, -0.25) is 4.79 Å². The Kier molecular flexibility index (Phi) is 6.76. The minimum atomic E-state index is -0.857. The van der Waals surface area contributed by atoms with Crippen LogP contribution >= 0.6 is 0 Å². The number of aromatic nitrogens is 1. The molecule has 8 heteroatoms. The number of esters is 1. The zero-order chi connectivity index (χ0) is 27.7. The van der Waals surface area contributed by atoms with Crippen LogP contribution in [0.15, 0.2) is 85.1 Å². The summed E-state index contributed by atoms with van der Waals surface area (Å²) >= 11 is 0. The minimum Gasteiger partial charge on any atom is -0.459 e. The topological polar surface area (TPSA) is 109 Å². The van der Waals surface area contributed by atoms with Crippen LogP contribution in [0.2, 0.25) is 0 Å². The molecule has 1 saturated heterocycles. The number of carbonyl (C=O) groups excluding carboxylic acids is 3. The van der Waals surface area contributed by atoms with Crippen molar-refractivity contribution in [2.75, 3.05) is 13.1 Å². The molecule has 204 valence electrons. The lowest BCUT2D eigenvalue weighted by Gasteiger charge is -2.54. The van der Waals surface area contributed by atoms with Crippen molar-refractivity contribution in [2.45, 2.75) is 43.9 Å². The van der Waals surface area contributed by atoms with Gasteiger partial charge in [-0.25, -0.2) is 9.59 Å². The van der Waals surface area contributed by atoms with E-state index in [0.717, 1.165) is 33.2 Å². The summed E-state index contributed by atoms with van der Waals surface area (Å²) in [5, 5.41) is 1.01. The second-order valence-electron chi connectivity index (χ2n) is 10.6. The molecular formula is C32H32N4O4. The minimum absolute atomic E-state index is 0.116. The molecule has 6 rings (SSSR count). The van der Waals surface area contributed by atoms with E-state index in [1.165, 1.54) is 0 Å². The summed E-state index contributed by atoms with van der Waals surface area (Å²) in [6.45, 7) is 0.907. The van der Waals surface area contributed by atoms with Crippen molar-refractivity contribution in [2.24, 2.45) is 5.73 Å². The molecule has 0 radical (unpaired) electrons. The van der Waals surface area contributed by atoms with Crippen LogP contribution in [-0.2, 0) is 39.3 Å². The fraction of sp³-hybridized carbons (Fsp3) is 0.281. The Morgan fingerprint density at radius 2 is 1.65 bits per heavy atom. The summed E-state index contributed by atoms with van der Waals surface area (Å²) in [5.41, 5.74) is 9.62. The molecule has 3 heterocycles. The second kappa shape index (κ2) is 10.5. The van der Waals surface area contributed by atoms with Gasteiger partial charge in [-0.2, -0.15) is 0 Å². The molecule has 1 fully saturated rings. The fourth-order valence-corrected chi connectivity index (χ4v) is 6.44. The molecule has 0 saturated carbocycles. The lowest BCUT2D eigenvalue weighted by atomic mass is 9.73. The van der Waals surface area contributed by atoms with Gasteiger partial charge in [-0.1, -0.05) is 72.8 Å². The van der Waals surface area contributed by atoms with E-state index in [0.29, 0.717) is 32.4 Å². The maximum atomic E-state index is 14.1. The molecule has 0 unspecified atom stereocenters. The van der Waals surface area contributed by atoms with E-state index < -0.39 is 23.6 Å². The molecule has 3 amide bonds. The number of nitrogens with zero attached hydrogens (tertiary/aromatic N) is 2. The highest BCUT2D eigenvalue weighted by atomic mass is 16.5. The Morgan fingerprint density at radius 3 is 2.42 bits per heavy atom. The van der Waals surface area contributed by atoms with Crippen LogP contribution in [0.25, 0.3) is 10.9 Å². The van der Waals surface area contributed by atoms with E-state index in [-0.39, 0.29) is 18.9 Å². The fourth-order valence-electron chi connectivity index (χ4n) is 6.44. The van der Waals surface area contributed by atoms with Gasteiger partial charge in [0.2, 0.25) is 5.91 Å². The maximum absolute atomic E-state index is 14.1. The van der Waals surface area contributed by atoms with Crippen molar-refractivity contribution in [3.05, 3.63) is 107 Å². The summed E-state index contributed by atoms with van der Waals surface area (Å²) in [5.74, 6) is -0.564. The van der Waals surface area contributed by atoms with Crippen LogP contribution < -0.4 is 5.73 Å². The smallest absolute Gasteiger partial charge is 0.329 e. The number of ether oxygens (including phenoxy) is 1. The number of para-hydroxylation sites is 1. The van der Waals surface area contributed by atoms with E-state index in [1.807, 2.05) is 85.1 Å². The molecule has 1 spiro atoms. The number of nitrogens with two attached hydrogens (primary N) is 1. The lowest BCUT2D eigenvalue weighted by molar-refractivity contribution is -0.165. The molecule has 3 N–H and O–H groups in total. The first-order valence-electron chi connectivity index (χ1n) is 13.7. The largest absolute Gasteiger partial charge is 0.459 e. The zero-order valence-corrected chi connectivity index (χ0v) is 22.2. The molecule has 3 aromatic carbocycles. The van der Waals surface area contributed by atoms with Crippen LogP contribution in [0.1, 0.15) is 35.1 Å². The molecule has 0 bridgehead atoms. The predicted octanol–water partition coefficient (Wildman–Crippen LogP) is 4.28. The van der Waals surface area contributed by atoms with E-state index in [9.17, 15) is 14.4 Å². The summed E-state index contributed by atoms with van der Waals surface area (Å²) < 4.78 is 5.91. The summed E-state index contributed by atoms with van der Waals surface area (Å²) in [7, 11) is 0. The third-order valence-electron chi connectivity index (χ3n) is 8.39. The quantitative estimate of drug-likeness (QED) is 0.359. The normalized spacial score (nSPS) is 17.1. The number of primary amides is 1. The Labute approximate surface area is 232 Å². The van der Waals surface area contributed by atoms with E-state index in [1.54, 1.807) is 9.80 Å². The number of hydrogen-bond donors (Lipinski definition) is 2. The van der Waals surface area contributed by atoms with Crippen LogP contribution in [0.3, 0.4) is 0 Å². The van der Waals surface area contributed by atoms with Crippen LogP contribution in [0, 0.1) is 0 Å². The van der Waals surface area contributed by atoms with E-state index >= 15 is 0 Å². The third-order valence-corrected chi connectivity index (χ3v) is 8.39. The Bertz CT molecular complexity index is 1560. The van der Waals surface area contributed by atoms with Gasteiger partial charge in [-0.05, 0) is 41.2 Å². The third kappa shape index (κ3) is 4.59. The number of hydrogen-bond acceptors (Lipinski definition) is 4. The average molecular weight is 537 g/mol. The first-order valence-corrected chi connectivity index (χ1v) is 13.7. The molecule has 1 atom stereocenters. The number of urea groups is 1. The number of fused-ring (bicyclic) bond motifs is 3. The average Bonchev–Trinajstić information content (AvgIpc) is 3.39. The van der Waals surface area contributed by atoms with Gasteiger partial charge >= 0.3 is 12.0 Å². The maximum Gasteiger partial charge on any atom is 0.329 e. The number of carbonyl (C=O) groups is 3. The number of benzene rings is 3. The van der Waals surface area contributed by atoms with Crippen molar-refractivity contribution >= 4 is 28.8 Å². The van der Waals surface area contributed by atoms with Crippen molar-refractivity contribution in [1.82, 2.24) is 14.8 Å². The highest BCUT2D eigenvalue weighted by molar-refractivity contribution is 5.90. The van der Waals surface area contributed by atoms with Crippen LogP contribution in [-0.4, -0.2) is 51.8 Å². The SMILES string of the molecule is NC(=O)N1CCC2(CC1)c1ccccc1CC(=O)N2[C@H](Cc1c[nH]c2ccccc12)C(=O)OCc1ccccc1.